The zero-order chi connectivity index (χ0) is 17.1. The van der Waals surface area contributed by atoms with Crippen molar-refractivity contribution in [2.24, 2.45) is 7.05 Å². The Bertz CT molecular complexity index is 723. The number of aromatic nitrogens is 2. The van der Waals surface area contributed by atoms with Crippen molar-refractivity contribution in [1.29, 1.82) is 0 Å². The predicted molar refractivity (Wildman–Crippen MR) is 92.4 cm³/mol. The minimum absolute atomic E-state index is 0.0496. The van der Waals surface area contributed by atoms with Gasteiger partial charge < -0.3 is 14.2 Å². The molecule has 0 bridgehead atoms. The van der Waals surface area contributed by atoms with Gasteiger partial charge in [-0.1, -0.05) is 17.7 Å². The van der Waals surface area contributed by atoms with E-state index in [0.717, 1.165) is 25.5 Å². The first-order chi connectivity index (χ1) is 11.6. The van der Waals surface area contributed by atoms with Crippen molar-refractivity contribution >= 4 is 17.5 Å². The van der Waals surface area contributed by atoms with Gasteiger partial charge in [0.15, 0.2) is 0 Å². The Labute approximate surface area is 146 Å². The second-order valence-electron chi connectivity index (χ2n) is 5.86. The van der Waals surface area contributed by atoms with Crippen LogP contribution in [-0.2, 0) is 13.6 Å². The molecule has 1 aromatic carbocycles. The summed E-state index contributed by atoms with van der Waals surface area (Å²) in [5.74, 6) is 1.69. The number of carbonyl (C=O) groups is 1. The number of imidazole rings is 1. The number of piperazine rings is 1. The standard InChI is InChI=1S/C17H21ClN4O2/c1-20-15(18)11-19-16(20)12-21-6-8-22(9-7-21)17(23)13-4-3-5-14(10-13)24-2/h3-5,10-11H,6-9,12H2,1-2H3. The summed E-state index contributed by atoms with van der Waals surface area (Å²) in [6.45, 7) is 3.78. The molecular weight excluding hydrogens is 328 g/mol. The summed E-state index contributed by atoms with van der Waals surface area (Å²) in [6, 6.07) is 7.29. The average molecular weight is 349 g/mol. The highest BCUT2D eigenvalue weighted by molar-refractivity contribution is 6.29. The molecule has 128 valence electrons. The minimum Gasteiger partial charge on any atom is -0.497 e. The molecule has 2 heterocycles. The molecule has 0 unspecified atom stereocenters. The Morgan fingerprint density at radius 1 is 1.29 bits per heavy atom. The van der Waals surface area contributed by atoms with Crippen molar-refractivity contribution in [3.05, 3.63) is 47.0 Å². The second-order valence-corrected chi connectivity index (χ2v) is 6.24. The van der Waals surface area contributed by atoms with Gasteiger partial charge in [0.2, 0.25) is 0 Å². The lowest BCUT2D eigenvalue weighted by Gasteiger charge is -2.34. The highest BCUT2D eigenvalue weighted by atomic mass is 35.5. The molecule has 1 aliphatic rings. The molecule has 1 amide bonds. The fourth-order valence-corrected chi connectivity index (χ4v) is 2.97. The van der Waals surface area contributed by atoms with Crippen molar-refractivity contribution in [1.82, 2.24) is 19.4 Å². The van der Waals surface area contributed by atoms with Crippen molar-refractivity contribution in [2.75, 3.05) is 33.3 Å². The molecule has 0 radical (unpaired) electrons. The fourth-order valence-electron chi connectivity index (χ4n) is 2.82. The number of rotatable bonds is 4. The Hall–Kier alpha value is -2.05. The lowest BCUT2D eigenvalue weighted by atomic mass is 10.1. The van der Waals surface area contributed by atoms with E-state index < -0.39 is 0 Å². The maximum Gasteiger partial charge on any atom is 0.254 e. The van der Waals surface area contributed by atoms with Crippen LogP contribution < -0.4 is 4.74 Å². The second kappa shape index (κ2) is 7.23. The highest BCUT2D eigenvalue weighted by Gasteiger charge is 2.23. The van der Waals surface area contributed by atoms with Gasteiger partial charge in [0.05, 0.1) is 19.9 Å². The van der Waals surface area contributed by atoms with Crippen LogP contribution in [0.5, 0.6) is 5.75 Å². The molecule has 2 aromatic rings. The summed E-state index contributed by atoms with van der Waals surface area (Å²) in [7, 11) is 3.51. The maximum absolute atomic E-state index is 12.6. The van der Waals surface area contributed by atoms with Crippen LogP contribution in [0.1, 0.15) is 16.2 Å². The van der Waals surface area contributed by atoms with E-state index in [2.05, 4.69) is 9.88 Å². The van der Waals surface area contributed by atoms with Gasteiger partial charge in [-0.3, -0.25) is 9.69 Å². The third-order valence-corrected chi connectivity index (χ3v) is 4.72. The van der Waals surface area contributed by atoms with Crippen molar-refractivity contribution in [3.8, 4) is 5.75 Å². The number of halogens is 1. The molecule has 0 spiro atoms. The summed E-state index contributed by atoms with van der Waals surface area (Å²) in [6.07, 6.45) is 1.67. The average Bonchev–Trinajstić information content (AvgIpc) is 2.94. The number of amides is 1. The molecule has 0 N–H and O–H groups in total. The summed E-state index contributed by atoms with van der Waals surface area (Å²) in [5.41, 5.74) is 0.665. The van der Waals surface area contributed by atoms with Crippen LogP contribution in [0.25, 0.3) is 0 Å². The first kappa shape index (κ1) is 16.8. The Balaban J connectivity index is 1.58. The molecule has 0 saturated carbocycles. The molecule has 1 aromatic heterocycles. The van der Waals surface area contributed by atoms with Gasteiger partial charge in [0, 0.05) is 38.8 Å². The quantitative estimate of drug-likeness (QED) is 0.848. The largest absolute Gasteiger partial charge is 0.497 e. The van der Waals surface area contributed by atoms with Gasteiger partial charge in [0.25, 0.3) is 5.91 Å². The molecule has 1 fully saturated rings. The first-order valence-electron chi connectivity index (χ1n) is 7.90. The highest BCUT2D eigenvalue weighted by Crippen LogP contribution is 2.17. The van der Waals surface area contributed by atoms with E-state index in [1.54, 1.807) is 19.4 Å². The minimum atomic E-state index is 0.0496. The van der Waals surface area contributed by atoms with Crippen LogP contribution >= 0.6 is 11.6 Å². The Morgan fingerprint density at radius 3 is 2.67 bits per heavy atom. The van der Waals surface area contributed by atoms with Gasteiger partial charge in [-0.15, -0.1) is 0 Å². The van der Waals surface area contributed by atoms with E-state index in [4.69, 9.17) is 16.3 Å². The number of nitrogens with zero attached hydrogens (tertiary/aromatic N) is 4. The van der Waals surface area contributed by atoms with E-state index in [0.29, 0.717) is 29.6 Å². The normalized spacial score (nSPS) is 15.5. The van der Waals surface area contributed by atoms with Gasteiger partial charge >= 0.3 is 0 Å². The summed E-state index contributed by atoms with van der Waals surface area (Å²) >= 11 is 6.02. The van der Waals surface area contributed by atoms with E-state index >= 15 is 0 Å². The fraction of sp³-hybridized carbons (Fsp3) is 0.412. The molecular formula is C17H21ClN4O2. The van der Waals surface area contributed by atoms with Crippen LogP contribution in [0.15, 0.2) is 30.5 Å². The van der Waals surface area contributed by atoms with E-state index in [1.807, 2.05) is 34.7 Å². The third kappa shape index (κ3) is 3.55. The van der Waals surface area contributed by atoms with E-state index in [9.17, 15) is 4.79 Å². The molecule has 7 heteroatoms. The Morgan fingerprint density at radius 2 is 2.04 bits per heavy atom. The predicted octanol–water partition coefficient (Wildman–Crippen LogP) is 2.04. The number of hydrogen-bond donors (Lipinski definition) is 0. The molecule has 0 atom stereocenters. The summed E-state index contributed by atoms with van der Waals surface area (Å²) in [5, 5.41) is 0.636. The van der Waals surface area contributed by atoms with Crippen LogP contribution in [0.2, 0.25) is 5.15 Å². The third-order valence-electron chi connectivity index (χ3n) is 4.37. The number of hydrogen-bond acceptors (Lipinski definition) is 4. The first-order valence-corrected chi connectivity index (χ1v) is 8.28. The maximum atomic E-state index is 12.6. The monoisotopic (exact) mass is 348 g/mol. The van der Waals surface area contributed by atoms with Crippen molar-refractivity contribution in [3.63, 3.8) is 0 Å². The number of methoxy groups -OCH3 is 1. The number of ether oxygens (including phenoxy) is 1. The molecule has 0 aliphatic carbocycles. The Kier molecular flexibility index (Phi) is 5.06. The van der Waals surface area contributed by atoms with Crippen LogP contribution in [0.4, 0.5) is 0 Å². The van der Waals surface area contributed by atoms with Gasteiger partial charge in [-0.25, -0.2) is 4.98 Å². The number of benzene rings is 1. The zero-order valence-electron chi connectivity index (χ0n) is 13.9. The van der Waals surface area contributed by atoms with E-state index in [1.165, 1.54) is 0 Å². The molecule has 1 aliphatic heterocycles. The smallest absolute Gasteiger partial charge is 0.254 e. The van der Waals surface area contributed by atoms with Gasteiger partial charge in [0.1, 0.15) is 16.7 Å². The SMILES string of the molecule is COc1cccc(C(=O)N2CCN(Cc3ncc(Cl)n3C)CC2)c1. The molecule has 24 heavy (non-hydrogen) atoms. The molecule has 1 saturated heterocycles. The lowest BCUT2D eigenvalue weighted by molar-refractivity contribution is 0.0624. The van der Waals surface area contributed by atoms with Gasteiger partial charge in [-0.2, -0.15) is 0 Å². The molecule has 6 nitrogen and oxygen atoms in total. The van der Waals surface area contributed by atoms with Crippen LogP contribution in [-0.4, -0.2) is 58.5 Å². The molecule has 3 rings (SSSR count). The topological polar surface area (TPSA) is 50.6 Å². The van der Waals surface area contributed by atoms with Crippen molar-refractivity contribution in [2.45, 2.75) is 6.54 Å². The van der Waals surface area contributed by atoms with Crippen LogP contribution in [0.3, 0.4) is 0 Å². The zero-order valence-corrected chi connectivity index (χ0v) is 14.7. The lowest BCUT2D eigenvalue weighted by Crippen LogP contribution is -2.48. The van der Waals surface area contributed by atoms with E-state index in [-0.39, 0.29) is 5.91 Å². The van der Waals surface area contributed by atoms with Crippen molar-refractivity contribution < 1.29 is 9.53 Å². The van der Waals surface area contributed by atoms with Gasteiger partial charge in [-0.05, 0) is 18.2 Å². The number of carbonyl (C=O) groups excluding carboxylic acids is 1. The summed E-state index contributed by atoms with van der Waals surface area (Å²) in [4.78, 5) is 21.1. The van der Waals surface area contributed by atoms with Crippen LogP contribution in [0, 0.1) is 0 Å². The summed E-state index contributed by atoms with van der Waals surface area (Å²) < 4.78 is 7.07.